The molecule has 7 heteroatoms. The van der Waals surface area contributed by atoms with Crippen molar-refractivity contribution in [3.63, 3.8) is 0 Å². The van der Waals surface area contributed by atoms with Crippen molar-refractivity contribution in [2.75, 3.05) is 6.54 Å². The molecule has 0 saturated carbocycles. The third-order valence-electron chi connectivity index (χ3n) is 4.80. The molecule has 0 radical (unpaired) electrons. The molecule has 0 bridgehead atoms. The smallest absolute Gasteiger partial charge is 0.254 e. The number of aryl methyl sites for hydroxylation is 1. The molecule has 1 fully saturated rings. The average molecular weight is 336 g/mol. The molecule has 1 aliphatic heterocycles. The van der Waals surface area contributed by atoms with Crippen LogP contribution in [0, 0.1) is 0 Å². The van der Waals surface area contributed by atoms with E-state index in [-0.39, 0.29) is 11.9 Å². The molecule has 1 aliphatic rings. The van der Waals surface area contributed by atoms with E-state index in [1.54, 1.807) is 4.68 Å². The van der Waals surface area contributed by atoms with E-state index in [1.807, 2.05) is 48.5 Å². The summed E-state index contributed by atoms with van der Waals surface area (Å²) in [6.45, 7) is 0.782. The molecule has 0 aliphatic carbocycles. The molecule has 7 nitrogen and oxygen atoms in total. The number of hydrogen-bond acceptors (Lipinski definition) is 4. The summed E-state index contributed by atoms with van der Waals surface area (Å²) in [5.74, 6) is 0.0563. The highest BCUT2D eigenvalue weighted by Gasteiger charge is 2.30. The Bertz CT molecular complexity index is 869. The number of carbonyl (C=O) groups excluding carboxylic acids is 1. The number of aromatic nitrogens is 5. The first-order chi connectivity index (χ1) is 12.2. The van der Waals surface area contributed by atoms with Crippen LogP contribution in [0.5, 0.6) is 0 Å². The van der Waals surface area contributed by atoms with Gasteiger partial charge in [0.2, 0.25) is 0 Å². The Hall–Kier alpha value is -2.96. The van der Waals surface area contributed by atoms with Gasteiger partial charge in [-0.05, 0) is 60.0 Å². The Morgan fingerprint density at radius 3 is 2.88 bits per heavy atom. The summed E-state index contributed by atoms with van der Waals surface area (Å²) in [7, 11) is 2.03. The Morgan fingerprint density at radius 1 is 1.20 bits per heavy atom. The largest absolute Gasteiger partial charge is 0.353 e. The fourth-order valence-corrected chi connectivity index (χ4v) is 3.53. The zero-order chi connectivity index (χ0) is 17.2. The second-order valence-electron chi connectivity index (χ2n) is 6.36. The minimum Gasteiger partial charge on any atom is -0.353 e. The van der Waals surface area contributed by atoms with Crippen LogP contribution in [0.2, 0.25) is 0 Å². The van der Waals surface area contributed by atoms with Crippen molar-refractivity contribution in [1.29, 1.82) is 0 Å². The van der Waals surface area contributed by atoms with E-state index in [2.05, 4.69) is 26.2 Å². The van der Waals surface area contributed by atoms with E-state index in [0.29, 0.717) is 5.56 Å². The molecule has 1 saturated heterocycles. The minimum atomic E-state index is 0.0563. The fourth-order valence-electron chi connectivity index (χ4n) is 3.53. The van der Waals surface area contributed by atoms with Gasteiger partial charge in [-0.15, -0.1) is 5.10 Å². The zero-order valence-electron chi connectivity index (χ0n) is 14.1. The maximum absolute atomic E-state index is 13.2. The van der Waals surface area contributed by atoms with E-state index in [9.17, 15) is 4.79 Å². The summed E-state index contributed by atoms with van der Waals surface area (Å²) in [4.78, 5) is 15.2. The molecule has 1 aromatic carbocycles. The first-order valence-electron chi connectivity index (χ1n) is 8.49. The van der Waals surface area contributed by atoms with Crippen molar-refractivity contribution in [1.82, 2.24) is 29.7 Å². The average Bonchev–Trinajstić information content (AvgIpc) is 3.33. The van der Waals surface area contributed by atoms with Gasteiger partial charge in [0.25, 0.3) is 5.91 Å². The van der Waals surface area contributed by atoms with Crippen LogP contribution < -0.4 is 0 Å². The highest BCUT2D eigenvalue weighted by Crippen LogP contribution is 2.32. The number of hydrogen-bond donors (Lipinski definition) is 0. The van der Waals surface area contributed by atoms with Gasteiger partial charge in [-0.3, -0.25) is 4.79 Å². The number of tetrazole rings is 1. The topological polar surface area (TPSA) is 68.8 Å². The molecule has 0 N–H and O–H groups in total. The maximum atomic E-state index is 13.2. The Kier molecular flexibility index (Phi) is 4.05. The van der Waals surface area contributed by atoms with Crippen LogP contribution in [0.4, 0.5) is 0 Å². The number of benzene rings is 1. The minimum absolute atomic E-state index is 0.0563. The predicted octanol–water partition coefficient (Wildman–Crippen LogP) is 2.37. The lowest BCUT2D eigenvalue weighted by Crippen LogP contribution is -2.39. The molecule has 128 valence electrons. The van der Waals surface area contributed by atoms with Crippen LogP contribution in [-0.2, 0) is 7.05 Å². The van der Waals surface area contributed by atoms with Crippen LogP contribution in [0.3, 0.4) is 0 Å². The molecule has 25 heavy (non-hydrogen) atoms. The Morgan fingerprint density at radius 2 is 2.12 bits per heavy atom. The molecule has 1 atom stereocenters. The Labute approximate surface area is 145 Å². The molecule has 0 unspecified atom stereocenters. The summed E-state index contributed by atoms with van der Waals surface area (Å²) in [5.41, 5.74) is 2.63. The first kappa shape index (κ1) is 15.6. The molecule has 0 spiro atoms. The van der Waals surface area contributed by atoms with Gasteiger partial charge in [-0.25, -0.2) is 4.68 Å². The molecule has 2 aromatic heterocycles. The summed E-state index contributed by atoms with van der Waals surface area (Å²) in [6.07, 6.45) is 6.74. The van der Waals surface area contributed by atoms with E-state index in [0.717, 1.165) is 31.5 Å². The summed E-state index contributed by atoms with van der Waals surface area (Å²) >= 11 is 0. The molecule has 4 rings (SSSR count). The van der Waals surface area contributed by atoms with Crippen molar-refractivity contribution >= 4 is 5.91 Å². The normalized spacial score (nSPS) is 17.6. The SMILES string of the molecule is Cn1cccc1[C@H]1CCCCN1C(=O)c1cccc(-n2cnnn2)c1. The lowest BCUT2D eigenvalue weighted by atomic mass is 9.98. The van der Waals surface area contributed by atoms with Gasteiger partial charge in [0.15, 0.2) is 0 Å². The van der Waals surface area contributed by atoms with Crippen LogP contribution in [0.1, 0.15) is 41.4 Å². The van der Waals surface area contributed by atoms with E-state index >= 15 is 0 Å². The van der Waals surface area contributed by atoms with Gasteiger partial charge in [0.1, 0.15) is 6.33 Å². The highest BCUT2D eigenvalue weighted by molar-refractivity contribution is 5.95. The lowest BCUT2D eigenvalue weighted by Gasteiger charge is -2.36. The third-order valence-corrected chi connectivity index (χ3v) is 4.80. The monoisotopic (exact) mass is 336 g/mol. The third kappa shape index (κ3) is 2.93. The second kappa shape index (κ2) is 6.51. The lowest BCUT2D eigenvalue weighted by molar-refractivity contribution is 0.0602. The standard InChI is InChI=1S/C18H20N6O/c1-22-10-5-9-16(22)17-8-2-3-11-23(17)18(25)14-6-4-7-15(12-14)24-13-19-20-21-24/h4-7,9-10,12-13,17H,2-3,8,11H2,1H3/t17-/m1/s1. The van der Waals surface area contributed by atoms with Gasteiger partial charge in [-0.2, -0.15) is 0 Å². The Balaban J connectivity index is 1.65. The van der Waals surface area contributed by atoms with E-state index in [4.69, 9.17) is 0 Å². The van der Waals surface area contributed by atoms with Gasteiger partial charge >= 0.3 is 0 Å². The second-order valence-corrected chi connectivity index (χ2v) is 6.36. The first-order valence-corrected chi connectivity index (χ1v) is 8.49. The molecule has 1 amide bonds. The maximum Gasteiger partial charge on any atom is 0.254 e. The van der Waals surface area contributed by atoms with Crippen LogP contribution >= 0.6 is 0 Å². The van der Waals surface area contributed by atoms with E-state index in [1.165, 1.54) is 12.0 Å². The van der Waals surface area contributed by atoms with Crippen LogP contribution in [-0.4, -0.2) is 42.1 Å². The van der Waals surface area contributed by atoms with Crippen LogP contribution in [0.25, 0.3) is 5.69 Å². The van der Waals surface area contributed by atoms with Crippen molar-refractivity contribution < 1.29 is 4.79 Å². The van der Waals surface area contributed by atoms with Gasteiger partial charge < -0.3 is 9.47 Å². The fraction of sp³-hybridized carbons (Fsp3) is 0.333. The van der Waals surface area contributed by atoms with Crippen molar-refractivity contribution in [2.24, 2.45) is 7.05 Å². The highest BCUT2D eigenvalue weighted by atomic mass is 16.2. The number of likely N-dealkylation sites (tertiary alicyclic amines) is 1. The van der Waals surface area contributed by atoms with Gasteiger partial charge in [0.05, 0.1) is 11.7 Å². The number of rotatable bonds is 3. The molecule has 3 aromatic rings. The van der Waals surface area contributed by atoms with Crippen LogP contribution in [0.15, 0.2) is 48.9 Å². The summed E-state index contributed by atoms with van der Waals surface area (Å²) in [5, 5.41) is 11.2. The van der Waals surface area contributed by atoms with Crippen molar-refractivity contribution in [3.05, 3.63) is 60.2 Å². The van der Waals surface area contributed by atoms with E-state index < -0.39 is 0 Å². The molecule has 3 heterocycles. The number of carbonyl (C=O) groups is 1. The quantitative estimate of drug-likeness (QED) is 0.736. The molecular formula is C18H20N6O. The number of amides is 1. The van der Waals surface area contributed by atoms with Crippen molar-refractivity contribution in [2.45, 2.75) is 25.3 Å². The number of nitrogens with zero attached hydrogens (tertiary/aromatic N) is 6. The predicted molar refractivity (Wildman–Crippen MR) is 92.2 cm³/mol. The zero-order valence-corrected chi connectivity index (χ0v) is 14.1. The van der Waals surface area contributed by atoms with Crippen molar-refractivity contribution in [3.8, 4) is 5.69 Å². The summed E-state index contributed by atoms with van der Waals surface area (Å²) < 4.78 is 3.66. The van der Waals surface area contributed by atoms with Gasteiger partial charge in [0, 0.05) is 31.0 Å². The van der Waals surface area contributed by atoms with Gasteiger partial charge in [-0.1, -0.05) is 6.07 Å². The number of piperidine rings is 1. The molecular weight excluding hydrogens is 316 g/mol. The summed E-state index contributed by atoms with van der Waals surface area (Å²) in [6, 6.07) is 11.7.